The molecule has 24 heavy (non-hydrogen) atoms. The van der Waals surface area contributed by atoms with Gasteiger partial charge in [0, 0.05) is 0 Å². The molecule has 1 heteroatoms. The molecule has 1 nitrogen and oxygen atoms in total. The molecule has 0 saturated heterocycles. The minimum atomic E-state index is 0.835. The minimum absolute atomic E-state index is 0.835. The third kappa shape index (κ3) is 7.11. The van der Waals surface area contributed by atoms with Crippen LogP contribution in [-0.4, -0.2) is 6.61 Å². The Morgan fingerprint density at radius 3 is 2.42 bits per heavy atom. The minimum Gasteiger partial charge on any atom is -0.494 e. The topological polar surface area (TPSA) is 9.23 Å². The molecule has 0 N–H and O–H groups in total. The van der Waals surface area contributed by atoms with Crippen LogP contribution in [0.25, 0.3) is 0 Å². The fourth-order valence-corrected chi connectivity index (χ4v) is 3.51. The monoisotopic (exact) mass is 328 g/mol. The second kappa shape index (κ2) is 11.3. The van der Waals surface area contributed by atoms with Crippen molar-refractivity contribution < 1.29 is 4.74 Å². The van der Waals surface area contributed by atoms with Gasteiger partial charge >= 0.3 is 0 Å². The van der Waals surface area contributed by atoms with Crippen molar-refractivity contribution >= 4 is 0 Å². The Hall–Kier alpha value is -1.24. The summed E-state index contributed by atoms with van der Waals surface area (Å²) in [6.45, 7) is 5.32. The number of hydrogen-bond acceptors (Lipinski definition) is 1. The van der Waals surface area contributed by atoms with Gasteiger partial charge in [0.1, 0.15) is 5.75 Å². The lowest BCUT2D eigenvalue weighted by Gasteiger charge is -2.22. The zero-order valence-electron chi connectivity index (χ0n) is 15.9. The fraction of sp³-hybridized carbons (Fsp3) is 0.652. The van der Waals surface area contributed by atoms with Crippen LogP contribution in [0.2, 0.25) is 0 Å². The molecule has 0 heterocycles. The van der Waals surface area contributed by atoms with Gasteiger partial charge in [-0.2, -0.15) is 0 Å². The van der Waals surface area contributed by atoms with Crippen molar-refractivity contribution in [2.24, 2.45) is 5.92 Å². The van der Waals surface area contributed by atoms with E-state index in [-0.39, 0.29) is 0 Å². The summed E-state index contributed by atoms with van der Waals surface area (Å²) in [6.07, 6.45) is 17.0. The van der Waals surface area contributed by atoms with Crippen molar-refractivity contribution in [3.8, 4) is 5.75 Å². The van der Waals surface area contributed by atoms with Crippen LogP contribution in [-0.2, 0) is 6.42 Å². The van der Waals surface area contributed by atoms with Gasteiger partial charge in [-0.15, -0.1) is 0 Å². The van der Waals surface area contributed by atoms with Crippen molar-refractivity contribution in [3.05, 3.63) is 41.5 Å². The summed E-state index contributed by atoms with van der Waals surface area (Å²) in [5.74, 6) is 1.97. The lowest BCUT2D eigenvalue weighted by Crippen LogP contribution is -2.06. The highest BCUT2D eigenvalue weighted by Gasteiger charge is 2.13. The van der Waals surface area contributed by atoms with Gasteiger partial charge in [-0.25, -0.2) is 0 Å². The van der Waals surface area contributed by atoms with Crippen molar-refractivity contribution in [1.29, 1.82) is 0 Å². The average Bonchev–Trinajstić information content (AvgIpc) is 2.63. The summed E-state index contributed by atoms with van der Waals surface area (Å²) in [4.78, 5) is 0. The van der Waals surface area contributed by atoms with Crippen molar-refractivity contribution in [2.45, 2.75) is 84.5 Å². The summed E-state index contributed by atoms with van der Waals surface area (Å²) in [5.41, 5.74) is 3.12. The van der Waals surface area contributed by atoms with Gasteiger partial charge in [0.15, 0.2) is 0 Å². The number of unbranched alkanes of at least 4 members (excludes halogenated alkanes) is 3. The Labute approximate surface area is 149 Å². The van der Waals surface area contributed by atoms with Crippen LogP contribution in [0.4, 0.5) is 0 Å². The van der Waals surface area contributed by atoms with Gasteiger partial charge in [0.05, 0.1) is 6.61 Å². The number of benzene rings is 1. The standard InChI is InChI=1S/C23H36O/c1-3-5-7-8-20-9-11-21(12-10-20)13-14-22-15-17-23(18-16-22)24-19-6-4-2/h11,15-18,20H,3-10,12-14,19H2,1-2H3. The molecule has 1 aromatic rings. The summed E-state index contributed by atoms with van der Waals surface area (Å²) >= 11 is 0. The SMILES string of the molecule is CCCCCC1CC=C(CCc2ccc(OCCCC)cc2)CC1. The molecule has 0 radical (unpaired) electrons. The van der Waals surface area contributed by atoms with Gasteiger partial charge in [-0.05, 0) is 62.1 Å². The summed E-state index contributed by atoms with van der Waals surface area (Å²) in [6, 6.07) is 8.73. The van der Waals surface area contributed by atoms with Crippen LogP contribution in [0.1, 0.15) is 83.6 Å². The Kier molecular flexibility index (Phi) is 9.02. The Morgan fingerprint density at radius 2 is 1.75 bits per heavy atom. The number of ether oxygens (including phenoxy) is 1. The zero-order valence-corrected chi connectivity index (χ0v) is 15.9. The molecule has 1 aliphatic carbocycles. The lowest BCUT2D eigenvalue weighted by atomic mass is 9.84. The van der Waals surface area contributed by atoms with E-state index in [0.717, 1.165) is 24.7 Å². The predicted octanol–water partition coefficient (Wildman–Crippen LogP) is 7.10. The van der Waals surface area contributed by atoms with Gasteiger partial charge < -0.3 is 4.74 Å². The van der Waals surface area contributed by atoms with E-state index in [1.54, 1.807) is 5.57 Å². The van der Waals surface area contributed by atoms with Crippen molar-refractivity contribution in [2.75, 3.05) is 6.61 Å². The molecule has 1 aromatic carbocycles. The van der Waals surface area contributed by atoms with Crippen LogP contribution >= 0.6 is 0 Å². The first-order valence-corrected chi connectivity index (χ1v) is 10.2. The highest BCUT2D eigenvalue weighted by Crippen LogP contribution is 2.30. The summed E-state index contributed by atoms with van der Waals surface area (Å²) < 4.78 is 5.74. The van der Waals surface area contributed by atoms with Crippen molar-refractivity contribution in [1.82, 2.24) is 0 Å². The van der Waals surface area contributed by atoms with E-state index in [1.807, 2.05) is 0 Å². The van der Waals surface area contributed by atoms with E-state index in [4.69, 9.17) is 4.74 Å². The van der Waals surface area contributed by atoms with Gasteiger partial charge in [-0.3, -0.25) is 0 Å². The second-order valence-corrected chi connectivity index (χ2v) is 7.34. The van der Waals surface area contributed by atoms with Gasteiger partial charge in [0.25, 0.3) is 0 Å². The molecule has 0 saturated carbocycles. The maximum atomic E-state index is 5.74. The molecular formula is C23H36O. The predicted molar refractivity (Wildman–Crippen MR) is 105 cm³/mol. The van der Waals surface area contributed by atoms with Crippen LogP contribution in [0.15, 0.2) is 35.9 Å². The molecular weight excluding hydrogens is 292 g/mol. The maximum absolute atomic E-state index is 5.74. The molecule has 0 amide bonds. The third-order valence-electron chi connectivity index (χ3n) is 5.25. The lowest BCUT2D eigenvalue weighted by molar-refractivity contribution is 0.309. The number of aryl methyl sites for hydroxylation is 1. The Morgan fingerprint density at radius 1 is 0.958 bits per heavy atom. The summed E-state index contributed by atoms with van der Waals surface area (Å²) in [5, 5.41) is 0. The molecule has 0 bridgehead atoms. The first kappa shape index (κ1) is 19.1. The van der Waals surface area contributed by atoms with Crippen molar-refractivity contribution in [3.63, 3.8) is 0 Å². The first-order valence-electron chi connectivity index (χ1n) is 10.2. The molecule has 0 aliphatic heterocycles. The van der Waals surface area contributed by atoms with Gasteiger partial charge in [0.2, 0.25) is 0 Å². The average molecular weight is 329 g/mol. The second-order valence-electron chi connectivity index (χ2n) is 7.34. The summed E-state index contributed by atoms with van der Waals surface area (Å²) in [7, 11) is 0. The molecule has 0 spiro atoms. The van der Waals surface area contributed by atoms with Crippen LogP contribution in [0, 0.1) is 5.92 Å². The number of hydrogen-bond donors (Lipinski definition) is 0. The zero-order chi connectivity index (χ0) is 17.0. The smallest absolute Gasteiger partial charge is 0.119 e. The fourth-order valence-electron chi connectivity index (χ4n) is 3.51. The Balaban J connectivity index is 1.68. The highest BCUT2D eigenvalue weighted by molar-refractivity contribution is 5.28. The highest BCUT2D eigenvalue weighted by atomic mass is 16.5. The van der Waals surface area contributed by atoms with E-state index >= 15 is 0 Å². The Bertz CT molecular complexity index is 471. The maximum Gasteiger partial charge on any atom is 0.119 e. The van der Waals surface area contributed by atoms with E-state index in [0.29, 0.717) is 0 Å². The van der Waals surface area contributed by atoms with Crippen LogP contribution in [0.3, 0.4) is 0 Å². The molecule has 0 aromatic heterocycles. The van der Waals surface area contributed by atoms with E-state index in [9.17, 15) is 0 Å². The molecule has 134 valence electrons. The normalized spacial score (nSPS) is 17.6. The molecule has 2 rings (SSSR count). The van der Waals surface area contributed by atoms with E-state index in [2.05, 4.69) is 44.2 Å². The van der Waals surface area contributed by atoms with E-state index in [1.165, 1.54) is 69.8 Å². The van der Waals surface area contributed by atoms with Gasteiger partial charge in [-0.1, -0.05) is 69.7 Å². The van der Waals surface area contributed by atoms with Crippen LogP contribution < -0.4 is 4.74 Å². The molecule has 1 atom stereocenters. The number of allylic oxidation sites excluding steroid dienone is 2. The molecule has 1 unspecified atom stereocenters. The van der Waals surface area contributed by atoms with E-state index < -0.39 is 0 Å². The largest absolute Gasteiger partial charge is 0.494 e. The van der Waals surface area contributed by atoms with Crippen LogP contribution in [0.5, 0.6) is 5.75 Å². The number of rotatable bonds is 11. The molecule has 0 fully saturated rings. The first-order chi connectivity index (χ1) is 11.8. The quantitative estimate of drug-likeness (QED) is 0.311. The third-order valence-corrected chi connectivity index (χ3v) is 5.25. The molecule has 1 aliphatic rings.